The number of hydrogen-bond acceptors (Lipinski definition) is 5. The first-order chi connectivity index (χ1) is 10.5. The van der Waals surface area contributed by atoms with Crippen molar-refractivity contribution in [3.8, 4) is 0 Å². The van der Waals surface area contributed by atoms with E-state index in [2.05, 4.69) is 4.90 Å². The molecular weight excluding hydrogens is 286 g/mol. The highest BCUT2D eigenvalue weighted by Gasteiger charge is 2.42. The van der Waals surface area contributed by atoms with E-state index in [1.807, 2.05) is 4.90 Å². The van der Waals surface area contributed by atoms with Crippen molar-refractivity contribution in [3.05, 3.63) is 0 Å². The van der Waals surface area contributed by atoms with Crippen LogP contribution in [0.5, 0.6) is 0 Å². The van der Waals surface area contributed by atoms with Gasteiger partial charge in [-0.3, -0.25) is 14.5 Å². The Morgan fingerprint density at radius 3 is 2.41 bits per heavy atom. The average Bonchev–Trinajstić information content (AvgIpc) is 2.88. The first kappa shape index (κ1) is 17.2. The van der Waals surface area contributed by atoms with Gasteiger partial charge in [-0.05, 0) is 12.8 Å². The lowest BCUT2D eigenvalue weighted by Crippen LogP contribution is -2.55. The minimum atomic E-state index is -0.547. The van der Waals surface area contributed by atoms with E-state index in [1.54, 1.807) is 18.9 Å². The van der Waals surface area contributed by atoms with Crippen LogP contribution in [0, 0.1) is 0 Å². The van der Waals surface area contributed by atoms with Crippen molar-refractivity contribution in [2.45, 2.75) is 38.0 Å². The fourth-order valence-corrected chi connectivity index (χ4v) is 3.54. The van der Waals surface area contributed by atoms with E-state index in [0.717, 1.165) is 25.9 Å². The molecule has 7 nitrogen and oxygen atoms in total. The first-order valence-electron chi connectivity index (χ1n) is 7.88. The minimum Gasteiger partial charge on any atom is -0.389 e. The quantitative estimate of drug-likeness (QED) is 0.732. The van der Waals surface area contributed by atoms with Crippen LogP contribution in [0.3, 0.4) is 0 Å². The SMILES string of the molecule is COCC(=O)N(C)[C@@H]1CC[C@@H](N2CCN(C(C)=O)CC2)[C@@H]1O. The van der Waals surface area contributed by atoms with Crippen molar-refractivity contribution in [2.24, 2.45) is 0 Å². The van der Waals surface area contributed by atoms with Gasteiger partial charge < -0.3 is 19.6 Å². The third-order valence-electron chi connectivity index (χ3n) is 4.93. The molecule has 1 aliphatic carbocycles. The molecule has 0 aromatic rings. The lowest BCUT2D eigenvalue weighted by molar-refractivity contribution is -0.138. The maximum Gasteiger partial charge on any atom is 0.248 e. The highest BCUT2D eigenvalue weighted by molar-refractivity contribution is 5.77. The zero-order chi connectivity index (χ0) is 16.3. The maximum absolute atomic E-state index is 11.9. The minimum absolute atomic E-state index is 0.0433. The van der Waals surface area contributed by atoms with Crippen molar-refractivity contribution in [2.75, 3.05) is 46.9 Å². The third kappa shape index (κ3) is 3.59. The van der Waals surface area contributed by atoms with Crippen LogP contribution in [0.2, 0.25) is 0 Å². The van der Waals surface area contributed by atoms with Gasteiger partial charge in [-0.15, -0.1) is 0 Å². The summed E-state index contributed by atoms with van der Waals surface area (Å²) < 4.78 is 4.88. The molecule has 3 atom stereocenters. The molecule has 0 aromatic heterocycles. The van der Waals surface area contributed by atoms with Crippen LogP contribution in [-0.4, -0.2) is 96.8 Å². The molecule has 1 saturated carbocycles. The average molecular weight is 313 g/mol. The van der Waals surface area contributed by atoms with Crippen molar-refractivity contribution >= 4 is 11.8 Å². The van der Waals surface area contributed by atoms with Gasteiger partial charge in [-0.1, -0.05) is 0 Å². The predicted octanol–water partition coefficient (Wildman–Crippen LogP) is -0.853. The normalized spacial score (nSPS) is 29.6. The third-order valence-corrected chi connectivity index (χ3v) is 4.93. The number of hydrogen-bond donors (Lipinski definition) is 1. The molecule has 2 fully saturated rings. The van der Waals surface area contributed by atoms with E-state index in [-0.39, 0.29) is 30.5 Å². The zero-order valence-corrected chi connectivity index (χ0v) is 13.7. The monoisotopic (exact) mass is 313 g/mol. The Morgan fingerprint density at radius 1 is 1.23 bits per heavy atom. The summed E-state index contributed by atoms with van der Waals surface area (Å²) in [5.41, 5.74) is 0. The van der Waals surface area contributed by atoms with Crippen LogP contribution >= 0.6 is 0 Å². The first-order valence-corrected chi connectivity index (χ1v) is 7.88. The van der Waals surface area contributed by atoms with Gasteiger partial charge in [0.2, 0.25) is 11.8 Å². The number of carbonyl (C=O) groups excluding carboxylic acids is 2. The smallest absolute Gasteiger partial charge is 0.248 e. The molecule has 126 valence electrons. The van der Waals surface area contributed by atoms with Gasteiger partial charge in [0, 0.05) is 53.3 Å². The summed E-state index contributed by atoms with van der Waals surface area (Å²) in [6.45, 7) is 4.62. The fraction of sp³-hybridized carbons (Fsp3) is 0.867. The predicted molar refractivity (Wildman–Crippen MR) is 81.3 cm³/mol. The molecule has 1 saturated heterocycles. The standard InChI is InChI=1S/C15H27N3O4/c1-11(19)17-6-8-18(9-7-17)13-5-4-12(15(13)21)16(2)14(20)10-22-3/h12-13,15,21H,4-10H2,1-3H3/t12-,13-,15-/m1/s1. The van der Waals surface area contributed by atoms with E-state index >= 15 is 0 Å². The largest absolute Gasteiger partial charge is 0.389 e. The summed E-state index contributed by atoms with van der Waals surface area (Å²) in [4.78, 5) is 29.0. The molecule has 0 spiro atoms. The number of nitrogens with zero attached hydrogens (tertiary/aromatic N) is 3. The fourth-order valence-electron chi connectivity index (χ4n) is 3.54. The second kappa shape index (κ2) is 7.39. The number of amides is 2. The van der Waals surface area contributed by atoms with Gasteiger partial charge in [0.25, 0.3) is 0 Å². The Hall–Kier alpha value is -1.18. The van der Waals surface area contributed by atoms with Gasteiger partial charge in [0.1, 0.15) is 6.61 Å². The molecule has 1 heterocycles. The molecule has 0 unspecified atom stereocenters. The van der Waals surface area contributed by atoms with Crippen LogP contribution in [-0.2, 0) is 14.3 Å². The lowest BCUT2D eigenvalue weighted by Gasteiger charge is -2.39. The molecular formula is C15H27N3O4. The molecule has 7 heteroatoms. The van der Waals surface area contributed by atoms with Crippen molar-refractivity contribution < 1.29 is 19.4 Å². The van der Waals surface area contributed by atoms with Gasteiger partial charge >= 0.3 is 0 Å². The summed E-state index contributed by atoms with van der Waals surface area (Å²) in [6, 6.07) is -0.0876. The summed E-state index contributed by atoms with van der Waals surface area (Å²) in [5.74, 6) is 0.00277. The van der Waals surface area contributed by atoms with Crippen molar-refractivity contribution in [1.29, 1.82) is 0 Å². The molecule has 2 rings (SSSR count). The number of carbonyl (C=O) groups is 2. The Morgan fingerprint density at radius 2 is 1.86 bits per heavy atom. The number of aliphatic hydroxyl groups excluding tert-OH is 1. The number of aliphatic hydroxyl groups is 1. The van der Waals surface area contributed by atoms with E-state index in [1.165, 1.54) is 7.11 Å². The Bertz CT molecular complexity index is 410. The molecule has 0 radical (unpaired) electrons. The second-order valence-electron chi connectivity index (χ2n) is 6.18. The second-order valence-corrected chi connectivity index (χ2v) is 6.18. The van der Waals surface area contributed by atoms with E-state index in [4.69, 9.17) is 4.74 Å². The summed E-state index contributed by atoms with van der Waals surface area (Å²) in [5, 5.41) is 10.6. The van der Waals surface area contributed by atoms with Gasteiger partial charge in [0.05, 0.1) is 12.1 Å². The molecule has 2 aliphatic rings. The van der Waals surface area contributed by atoms with Crippen molar-refractivity contribution in [3.63, 3.8) is 0 Å². The van der Waals surface area contributed by atoms with E-state index in [0.29, 0.717) is 13.1 Å². The number of piperazine rings is 1. The van der Waals surface area contributed by atoms with E-state index in [9.17, 15) is 14.7 Å². The maximum atomic E-state index is 11.9. The van der Waals surface area contributed by atoms with Gasteiger partial charge in [0.15, 0.2) is 0 Å². The topological polar surface area (TPSA) is 73.3 Å². The number of ether oxygens (including phenoxy) is 1. The van der Waals surface area contributed by atoms with Crippen LogP contribution in [0.4, 0.5) is 0 Å². The summed E-state index contributed by atoms with van der Waals surface area (Å²) in [6.07, 6.45) is 1.12. The molecule has 2 amide bonds. The van der Waals surface area contributed by atoms with Crippen LogP contribution in [0.15, 0.2) is 0 Å². The number of methoxy groups -OCH3 is 1. The molecule has 22 heavy (non-hydrogen) atoms. The van der Waals surface area contributed by atoms with Gasteiger partial charge in [-0.2, -0.15) is 0 Å². The lowest BCUT2D eigenvalue weighted by atomic mass is 10.1. The Balaban J connectivity index is 1.90. The molecule has 0 bridgehead atoms. The van der Waals surface area contributed by atoms with Crippen LogP contribution in [0.1, 0.15) is 19.8 Å². The van der Waals surface area contributed by atoms with Crippen LogP contribution < -0.4 is 0 Å². The Kier molecular flexibility index (Phi) is 5.77. The highest BCUT2D eigenvalue weighted by Crippen LogP contribution is 2.29. The van der Waals surface area contributed by atoms with Crippen LogP contribution in [0.25, 0.3) is 0 Å². The summed E-state index contributed by atoms with van der Waals surface area (Å²) in [7, 11) is 3.22. The molecule has 1 N–H and O–H groups in total. The highest BCUT2D eigenvalue weighted by atomic mass is 16.5. The molecule has 1 aliphatic heterocycles. The summed E-state index contributed by atoms with van der Waals surface area (Å²) >= 11 is 0. The number of likely N-dealkylation sites (N-methyl/N-ethyl adjacent to an activating group) is 1. The Labute approximate surface area is 131 Å². The van der Waals surface area contributed by atoms with Gasteiger partial charge in [-0.25, -0.2) is 0 Å². The zero-order valence-electron chi connectivity index (χ0n) is 13.7. The van der Waals surface area contributed by atoms with Crippen molar-refractivity contribution in [1.82, 2.24) is 14.7 Å². The number of rotatable bonds is 4. The van der Waals surface area contributed by atoms with E-state index < -0.39 is 6.10 Å². The molecule has 0 aromatic carbocycles.